The lowest BCUT2D eigenvalue weighted by atomic mass is 10.2. The van der Waals surface area contributed by atoms with Gasteiger partial charge in [-0.05, 0) is 29.8 Å². The maximum atomic E-state index is 12.7. The van der Waals surface area contributed by atoms with E-state index >= 15 is 0 Å². The van der Waals surface area contributed by atoms with Gasteiger partial charge < -0.3 is 9.64 Å². The van der Waals surface area contributed by atoms with Gasteiger partial charge in [-0.3, -0.25) is 10.1 Å². The monoisotopic (exact) mass is 391 g/mol. The summed E-state index contributed by atoms with van der Waals surface area (Å²) in [6.45, 7) is 2.01. The predicted molar refractivity (Wildman–Crippen MR) is 103 cm³/mol. The lowest BCUT2D eigenvalue weighted by Crippen LogP contribution is -2.49. The molecule has 0 saturated carbocycles. The van der Waals surface area contributed by atoms with Gasteiger partial charge in [0.1, 0.15) is 5.75 Å². The summed E-state index contributed by atoms with van der Waals surface area (Å²) in [5, 5.41) is 10.7. The molecule has 144 valence electrons. The molecule has 0 spiro atoms. The number of hydrogen-bond donors (Lipinski definition) is 0. The number of rotatable bonds is 6. The minimum atomic E-state index is -3.47. The third-order valence-electron chi connectivity index (χ3n) is 4.57. The van der Waals surface area contributed by atoms with Crippen molar-refractivity contribution in [3.8, 4) is 5.75 Å². The van der Waals surface area contributed by atoms with Crippen LogP contribution in [0.1, 0.15) is 5.56 Å². The second-order valence-electron chi connectivity index (χ2n) is 6.26. The SMILES string of the molecule is COc1ccc(N2CCN(S(=O)(=O)Cc3ccc([N+](=O)[O-])cc3)CC2)cc1. The van der Waals surface area contributed by atoms with Gasteiger partial charge in [0, 0.05) is 44.0 Å². The van der Waals surface area contributed by atoms with Crippen molar-refractivity contribution in [2.75, 3.05) is 38.2 Å². The number of hydrogen-bond acceptors (Lipinski definition) is 6. The van der Waals surface area contributed by atoms with E-state index in [1.807, 2.05) is 24.3 Å². The summed E-state index contributed by atoms with van der Waals surface area (Å²) >= 11 is 0. The van der Waals surface area contributed by atoms with E-state index in [1.54, 1.807) is 7.11 Å². The van der Waals surface area contributed by atoms with Crippen molar-refractivity contribution in [2.24, 2.45) is 0 Å². The molecule has 1 fully saturated rings. The van der Waals surface area contributed by atoms with Crippen LogP contribution in [-0.2, 0) is 15.8 Å². The third kappa shape index (κ3) is 4.55. The Labute approximate surface area is 158 Å². The summed E-state index contributed by atoms with van der Waals surface area (Å²) in [6.07, 6.45) is 0. The molecule has 1 aliphatic heterocycles. The highest BCUT2D eigenvalue weighted by molar-refractivity contribution is 7.88. The molecule has 1 saturated heterocycles. The van der Waals surface area contributed by atoms with E-state index in [9.17, 15) is 18.5 Å². The second-order valence-corrected chi connectivity index (χ2v) is 8.23. The lowest BCUT2D eigenvalue weighted by molar-refractivity contribution is -0.384. The zero-order valence-corrected chi connectivity index (χ0v) is 15.8. The smallest absolute Gasteiger partial charge is 0.269 e. The fourth-order valence-electron chi connectivity index (χ4n) is 3.03. The highest BCUT2D eigenvalue weighted by atomic mass is 32.2. The van der Waals surface area contributed by atoms with Gasteiger partial charge in [-0.15, -0.1) is 0 Å². The average Bonchev–Trinajstić information content (AvgIpc) is 2.68. The first-order valence-electron chi connectivity index (χ1n) is 8.49. The number of methoxy groups -OCH3 is 1. The van der Waals surface area contributed by atoms with Gasteiger partial charge in [0.25, 0.3) is 5.69 Å². The van der Waals surface area contributed by atoms with Crippen molar-refractivity contribution in [1.82, 2.24) is 4.31 Å². The number of nitrogens with zero attached hydrogens (tertiary/aromatic N) is 3. The van der Waals surface area contributed by atoms with Gasteiger partial charge in [-0.25, -0.2) is 8.42 Å². The summed E-state index contributed by atoms with van der Waals surface area (Å²) < 4.78 is 31.9. The molecule has 8 nitrogen and oxygen atoms in total. The molecule has 0 aromatic heterocycles. The van der Waals surface area contributed by atoms with Crippen LogP contribution in [0.5, 0.6) is 5.75 Å². The van der Waals surface area contributed by atoms with E-state index in [4.69, 9.17) is 4.74 Å². The normalized spacial score (nSPS) is 15.5. The highest BCUT2D eigenvalue weighted by Gasteiger charge is 2.27. The molecule has 1 aliphatic rings. The van der Waals surface area contributed by atoms with Crippen LogP contribution in [0.4, 0.5) is 11.4 Å². The van der Waals surface area contributed by atoms with Gasteiger partial charge in [0.05, 0.1) is 17.8 Å². The van der Waals surface area contributed by atoms with Crippen LogP contribution in [0.3, 0.4) is 0 Å². The number of piperazine rings is 1. The van der Waals surface area contributed by atoms with E-state index < -0.39 is 14.9 Å². The van der Waals surface area contributed by atoms with Crippen LogP contribution >= 0.6 is 0 Å². The largest absolute Gasteiger partial charge is 0.497 e. The number of non-ortho nitro benzene ring substituents is 1. The molecule has 0 unspecified atom stereocenters. The van der Waals surface area contributed by atoms with Gasteiger partial charge in [0.2, 0.25) is 10.0 Å². The number of ether oxygens (including phenoxy) is 1. The van der Waals surface area contributed by atoms with Crippen molar-refractivity contribution in [3.63, 3.8) is 0 Å². The number of anilines is 1. The molecule has 3 rings (SSSR count). The van der Waals surface area contributed by atoms with Crippen molar-refractivity contribution < 1.29 is 18.1 Å². The first-order chi connectivity index (χ1) is 12.9. The van der Waals surface area contributed by atoms with Crippen molar-refractivity contribution in [3.05, 3.63) is 64.2 Å². The van der Waals surface area contributed by atoms with E-state index in [1.165, 1.54) is 28.6 Å². The summed E-state index contributed by atoms with van der Waals surface area (Å²) in [5.74, 6) is 0.621. The molecule has 0 radical (unpaired) electrons. The summed E-state index contributed by atoms with van der Waals surface area (Å²) in [4.78, 5) is 12.3. The number of nitro benzene ring substituents is 1. The molecular formula is C18H21N3O5S. The minimum absolute atomic E-state index is 0.0516. The van der Waals surface area contributed by atoms with Crippen LogP contribution in [-0.4, -0.2) is 50.9 Å². The van der Waals surface area contributed by atoms with E-state index in [2.05, 4.69) is 4.90 Å². The topological polar surface area (TPSA) is 93.0 Å². The Morgan fingerprint density at radius 1 is 1.00 bits per heavy atom. The average molecular weight is 391 g/mol. The lowest BCUT2D eigenvalue weighted by Gasteiger charge is -2.35. The van der Waals surface area contributed by atoms with Gasteiger partial charge in [-0.1, -0.05) is 12.1 Å². The van der Waals surface area contributed by atoms with Gasteiger partial charge in [0.15, 0.2) is 0 Å². The predicted octanol–water partition coefficient (Wildman–Crippen LogP) is 2.26. The first kappa shape index (κ1) is 19.1. The van der Waals surface area contributed by atoms with Crippen LogP contribution in [0.25, 0.3) is 0 Å². The van der Waals surface area contributed by atoms with Crippen LogP contribution in [0.15, 0.2) is 48.5 Å². The first-order valence-corrected chi connectivity index (χ1v) is 10.1. The quantitative estimate of drug-likeness (QED) is 0.554. The molecule has 0 bridgehead atoms. The molecule has 0 N–H and O–H groups in total. The van der Waals surface area contributed by atoms with Gasteiger partial charge >= 0.3 is 0 Å². The fourth-order valence-corrected chi connectivity index (χ4v) is 4.55. The fraction of sp³-hybridized carbons (Fsp3) is 0.333. The molecule has 0 atom stereocenters. The summed E-state index contributed by atoms with van der Waals surface area (Å²) in [6, 6.07) is 13.3. The molecular weight excluding hydrogens is 370 g/mol. The molecule has 0 amide bonds. The standard InChI is InChI=1S/C18H21N3O5S/c1-26-18-8-6-16(7-9-18)19-10-12-20(13-11-19)27(24,25)14-15-2-4-17(5-3-15)21(22)23/h2-9H,10-14H2,1H3. The second kappa shape index (κ2) is 7.93. The Kier molecular flexibility index (Phi) is 5.62. The Bertz CT molecular complexity index is 890. The summed E-state index contributed by atoms with van der Waals surface area (Å²) in [7, 11) is -1.85. The number of nitro groups is 1. The third-order valence-corrected chi connectivity index (χ3v) is 6.42. The maximum Gasteiger partial charge on any atom is 0.269 e. The molecule has 0 aliphatic carbocycles. The van der Waals surface area contributed by atoms with Crippen LogP contribution < -0.4 is 9.64 Å². The zero-order valence-electron chi connectivity index (χ0n) is 14.9. The van der Waals surface area contributed by atoms with Crippen molar-refractivity contribution in [2.45, 2.75) is 5.75 Å². The molecule has 9 heteroatoms. The summed E-state index contributed by atoms with van der Waals surface area (Å²) in [5.41, 5.74) is 1.52. The highest BCUT2D eigenvalue weighted by Crippen LogP contribution is 2.22. The Morgan fingerprint density at radius 3 is 2.11 bits per heavy atom. The van der Waals surface area contributed by atoms with E-state index in [0.29, 0.717) is 31.7 Å². The molecule has 2 aromatic carbocycles. The Hall–Kier alpha value is -2.65. The zero-order chi connectivity index (χ0) is 19.4. The number of benzene rings is 2. The van der Waals surface area contributed by atoms with E-state index in [-0.39, 0.29) is 11.4 Å². The van der Waals surface area contributed by atoms with Crippen molar-refractivity contribution in [1.29, 1.82) is 0 Å². The van der Waals surface area contributed by atoms with Crippen molar-refractivity contribution >= 4 is 21.4 Å². The Morgan fingerprint density at radius 2 is 1.59 bits per heavy atom. The molecule has 2 aromatic rings. The van der Waals surface area contributed by atoms with E-state index in [0.717, 1.165) is 11.4 Å². The molecule has 27 heavy (non-hydrogen) atoms. The maximum absolute atomic E-state index is 12.7. The molecule has 1 heterocycles. The number of sulfonamides is 1. The van der Waals surface area contributed by atoms with Crippen LogP contribution in [0.2, 0.25) is 0 Å². The Balaban J connectivity index is 1.61. The van der Waals surface area contributed by atoms with Gasteiger partial charge in [-0.2, -0.15) is 4.31 Å². The minimum Gasteiger partial charge on any atom is -0.497 e. The van der Waals surface area contributed by atoms with Crippen LogP contribution in [0, 0.1) is 10.1 Å².